The summed E-state index contributed by atoms with van der Waals surface area (Å²) < 4.78 is 0. The Kier molecular flexibility index (Phi) is 5.73. The monoisotopic (exact) mass is 246 g/mol. The van der Waals surface area contributed by atoms with Gasteiger partial charge in [0.05, 0.1) is 0 Å². The molecule has 1 aliphatic rings. The van der Waals surface area contributed by atoms with E-state index < -0.39 is 0 Å². The first kappa shape index (κ1) is 13.6. The quantitative estimate of drug-likeness (QED) is 0.732. The molecular formula is C17H28N+. The van der Waals surface area contributed by atoms with E-state index in [0.717, 1.165) is 5.92 Å². The summed E-state index contributed by atoms with van der Waals surface area (Å²) in [6, 6.07) is 11.2. The second-order valence-corrected chi connectivity index (χ2v) is 5.90. The lowest BCUT2D eigenvalue weighted by Gasteiger charge is -2.21. The van der Waals surface area contributed by atoms with Crippen LogP contribution >= 0.6 is 0 Å². The van der Waals surface area contributed by atoms with Gasteiger partial charge in [0.15, 0.2) is 0 Å². The van der Waals surface area contributed by atoms with E-state index in [1.165, 1.54) is 63.4 Å². The zero-order chi connectivity index (χ0) is 12.6. The Labute approximate surface area is 112 Å². The fourth-order valence-corrected chi connectivity index (χ4v) is 3.19. The average Bonchev–Trinajstić information content (AvgIpc) is 2.45. The van der Waals surface area contributed by atoms with Crippen LogP contribution in [0, 0.1) is 5.92 Å². The van der Waals surface area contributed by atoms with Crippen molar-refractivity contribution in [2.24, 2.45) is 5.92 Å². The third kappa shape index (κ3) is 4.45. The van der Waals surface area contributed by atoms with Crippen molar-refractivity contribution < 1.29 is 5.73 Å². The first-order valence-corrected chi connectivity index (χ1v) is 7.74. The Morgan fingerprint density at radius 3 is 2.44 bits per heavy atom. The smallest absolute Gasteiger partial charge is 0.110 e. The first-order valence-electron chi connectivity index (χ1n) is 7.74. The fraction of sp³-hybridized carbons (Fsp3) is 0.647. The van der Waals surface area contributed by atoms with Crippen LogP contribution in [0.1, 0.15) is 69.4 Å². The number of hydrogen-bond acceptors (Lipinski definition) is 0. The van der Waals surface area contributed by atoms with Crippen LogP contribution in [0.3, 0.4) is 0 Å². The SMILES string of the molecule is [NH3+]C(CCCCC1CCCCC1)c1ccccc1. The second kappa shape index (κ2) is 7.58. The molecule has 0 amide bonds. The molecule has 1 atom stereocenters. The Bertz CT molecular complexity index is 314. The molecule has 3 N–H and O–H groups in total. The molecule has 18 heavy (non-hydrogen) atoms. The summed E-state index contributed by atoms with van der Waals surface area (Å²) in [5.41, 5.74) is 5.69. The standard InChI is InChI=1S/C17H27N/c18-17(16-12-5-2-6-13-16)14-8-7-11-15-9-3-1-4-10-15/h2,5-6,12-13,15,17H,1,3-4,7-11,14,18H2/p+1. The molecule has 100 valence electrons. The predicted molar refractivity (Wildman–Crippen MR) is 77.1 cm³/mol. The molecule has 0 aliphatic heterocycles. The Hall–Kier alpha value is -0.820. The van der Waals surface area contributed by atoms with Crippen LogP contribution in [0.5, 0.6) is 0 Å². The van der Waals surface area contributed by atoms with Crippen molar-refractivity contribution >= 4 is 0 Å². The molecule has 1 aliphatic carbocycles. The number of benzene rings is 1. The van der Waals surface area contributed by atoms with Crippen molar-refractivity contribution in [2.45, 2.75) is 63.8 Å². The van der Waals surface area contributed by atoms with Crippen LogP contribution in [0.25, 0.3) is 0 Å². The van der Waals surface area contributed by atoms with Gasteiger partial charge in [-0.05, 0) is 12.3 Å². The molecule has 1 aromatic carbocycles. The molecule has 0 spiro atoms. The van der Waals surface area contributed by atoms with Gasteiger partial charge < -0.3 is 5.73 Å². The lowest BCUT2D eigenvalue weighted by molar-refractivity contribution is -0.428. The third-order valence-corrected chi connectivity index (χ3v) is 4.41. The fourth-order valence-electron chi connectivity index (χ4n) is 3.19. The number of rotatable bonds is 6. The van der Waals surface area contributed by atoms with Crippen molar-refractivity contribution in [1.29, 1.82) is 0 Å². The number of unbranched alkanes of at least 4 members (excludes halogenated alkanes) is 1. The van der Waals surface area contributed by atoms with Gasteiger partial charge in [-0.3, -0.25) is 0 Å². The molecule has 0 radical (unpaired) electrons. The highest BCUT2D eigenvalue weighted by atomic mass is 14.6. The van der Waals surface area contributed by atoms with Gasteiger partial charge in [-0.2, -0.15) is 0 Å². The molecule has 0 aromatic heterocycles. The minimum absolute atomic E-state index is 0.484. The van der Waals surface area contributed by atoms with Crippen molar-refractivity contribution in [1.82, 2.24) is 0 Å². The average molecular weight is 246 g/mol. The van der Waals surface area contributed by atoms with E-state index in [0.29, 0.717) is 6.04 Å². The van der Waals surface area contributed by atoms with E-state index in [1.807, 2.05) is 0 Å². The molecule has 1 nitrogen and oxygen atoms in total. The van der Waals surface area contributed by atoms with E-state index >= 15 is 0 Å². The van der Waals surface area contributed by atoms with Crippen LogP contribution in [0.15, 0.2) is 30.3 Å². The van der Waals surface area contributed by atoms with Crippen molar-refractivity contribution in [2.75, 3.05) is 0 Å². The van der Waals surface area contributed by atoms with E-state index in [4.69, 9.17) is 0 Å². The Morgan fingerprint density at radius 1 is 1.00 bits per heavy atom. The molecule has 2 rings (SSSR count). The highest BCUT2D eigenvalue weighted by molar-refractivity contribution is 5.16. The maximum absolute atomic E-state index is 4.29. The van der Waals surface area contributed by atoms with E-state index in [1.54, 1.807) is 0 Å². The minimum atomic E-state index is 0.484. The van der Waals surface area contributed by atoms with Gasteiger partial charge >= 0.3 is 0 Å². The topological polar surface area (TPSA) is 27.6 Å². The van der Waals surface area contributed by atoms with Gasteiger partial charge in [0.25, 0.3) is 0 Å². The molecule has 1 saturated carbocycles. The third-order valence-electron chi connectivity index (χ3n) is 4.41. The molecule has 0 saturated heterocycles. The van der Waals surface area contributed by atoms with Crippen LogP contribution in [0.4, 0.5) is 0 Å². The van der Waals surface area contributed by atoms with E-state index in [9.17, 15) is 0 Å². The summed E-state index contributed by atoms with van der Waals surface area (Å²) in [5.74, 6) is 1.04. The normalized spacial score (nSPS) is 18.7. The zero-order valence-corrected chi connectivity index (χ0v) is 11.6. The summed E-state index contributed by atoms with van der Waals surface area (Å²) in [5, 5.41) is 0. The summed E-state index contributed by atoms with van der Waals surface area (Å²) in [4.78, 5) is 0. The molecule has 1 heteroatoms. The van der Waals surface area contributed by atoms with E-state index in [2.05, 4.69) is 36.1 Å². The van der Waals surface area contributed by atoms with Crippen molar-refractivity contribution in [3.63, 3.8) is 0 Å². The lowest BCUT2D eigenvalue weighted by atomic mass is 9.85. The van der Waals surface area contributed by atoms with Gasteiger partial charge in [0.2, 0.25) is 0 Å². The first-order chi connectivity index (χ1) is 8.86. The van der Waals surface area contributed by atoms with Gasteiger partial charge in [0, 0.05) is 12.0 Å². The summed E-state index contributed by atoms with van der Waals surface area (Å²) in [6.07, 6.45) is 12.9. The van der Waals surface area contributed by atoms with Gasteiger partial charge in [-0.1, -0.05) is 75.3 Å². The maximum atomic E-state index is 4.29. The molecule has 1 aromatic rings. The highest BCUT2D eigenvalue weighted by Gasteiger charge is 2.13. The molecular weight excluding hydrogens is 218 g/mol. The van der Waals surface area contributed by atoms with Crippen molar-refractivity contribution in [3.8, 4) is 0 Å². The van der Waals surface area contributed by atoms with Crippen LogP contribution < -0.4 is 5.73 Å². The summed E-state index contributed by atoms with van der Waals surface area (Å²) in [7, 11) is 0. The van der Waals surface area contributed by atoms with Crippen LogP contribution in [-0.2, 0) is 0 Å². The Morgan fingerprint density at radius 2 is 1.72 bits per heavy atom. The largest absolute Gasteiger partial charge is 0.351 e. The van der Waals surface area contributed by atoms with Crippen molar-refractivity contribution in [3.05, 3.63) is 35.9 Å². The summed E-state index contributed by atoms with van der Waals surface area (Å²) >= 11 is 0. The number of hydrogen-bond donors (Lipinski definition) is 1. The van der Waals surface area contributed by atoms with Gasteiger partial charge in [-0.25, -0.2) is 0 Å². The minimum Gasteiger partial charge on any atom is -0.351 e. The lowest BCUT2D eigenvalue weighted by Crippen LogP contribution is -2.53. The second-order valence-electron chi connectivity index (χ2n) is 5.90. The van der Waals surface area contributed by atoms with Gasteiger partial charge in [0.1, 0.15) is 6.04 Å². The molecule has 0 bridgehead atoms. The molecule has 1 fully saturated rings. The Balaban J connectivity index is 1.60. The zero-order valence-electron chi connectivity index (χ0n) is 11.6. The van der Waals surface area contributed by atoms with E-state index in [-0.39, 0.29) is 0 Å². The van der Waals surface area contributed by atoms with Gasteiger partial charge in [-0.15, -0.1) is 0 Å². The van der Waals surface area contributed by atoms with Crippen LogP contribution in [-0.4, -0.2) is 0 Å². The van der Waals surface area contributed by atoms with Crippen LogP contribution in [0.2, 0.25) is 0 Å². The predicted octanol–water partition coefficient (Wildman–Crippen LogP) is 4.11. The summed E-state index contributed by atoms with van der Waals surface area (Å²) in [6.45, 7) is 0. The maximum Gasteiger partial charge on any atom is 0.110 e. The molecule has 0 heterocycles. The highest BCUT2D eigenvalue weighted by Crippen LogP contribution is 2.28. The molecule has 1 unspecified atom stereocenters. The number of quaternary nitrogens is 1.